The van der Waals surface area contributed by atoms with Crippen LogP contribution in [0.4, 0.5) is 0 Å². The van der Waals surface area contributed by atoms with E-state index in [4.69, 9.17) is 9.47 Å². The molecule has 0 aromatic heterocycles. The van der Waals surface area contributed by atoms with Crippen LogP contribution < -0.4 is 5.56 Å². The molecule has 0 aliphatic carbocycles. The van der Waals surface area contributed by atoms with Gasteiger partial charge in [-0.25, -0.2) is 4.79 Å². The van der Waals surface area contributed by atoms with E-state index >= 15 is 0 Å². The Morgan fingerprint density at radius 3 is 2.73 bits per heavy atom. The highest BCUT2D eigenvalue weighted by Crippen LogP contribution is 2.23. The summed E-state index contributed by atoms with van der Waals surface area (Å²) in [7, 11) is 1.33. The van der Waals surface area contributed by atoms with Crippen LogP contribution in [0.5, 0.6) is 0 Å². The smallest absolute Gasteiger partial charge is 0.341 e. The van der Waals surface area contributed by atoms with Crippen molar-refractivity contribution in [2.24, 2.45) is 0 Å². The fourth-order valence-electron chi connectivity index (χ4n) is 3.78. The van der Waals surface area contributed by atoms with Crippen LogP contribution >= 0.6 is 0 Å². The molecule has 3 heterocycles. The largest absolute Gasteiger partial charge is 0.465 e. The molecule has 3 aliphatic heterocycles. The van der Waals surface area contributed by atoms with Gasteiger partial charge in [0, 0.05) is 38.6 Å². The summed E-state index contributed by atoms with van der Waals surface area (Å²) in [6.07, 6.45) is 4.40. The number of hydrogen-bond acceptors (Lipinski definition) is 6. The van der Waals surface area contributed by atoms with Gasteiger partial charge >= 0.3 is 5.97 Å². The number of ether oxygens (including phenoxy) is 2. The number of fused-ring (bicyclic) bond motifs is 1. The molecule has 0 amide bonds. The minimum absolute atomic E-state index is 0.247. The average Bonchev–Trinajstić information content (AvgIpc) is 3.10. The second-order valence-corrected chi connectivity index (χ2v) is 7.53. The van der Waals surface area contributed by atoms with Crippen molar-refractivity contribution in [2.45, 2.75) is 19.9 Å². The number of hydrogen-bond donors (Lipinski definition) is 0. The molecule has 0 bridgehead atoms. The number of aromatic nitrogens is 3. The van der Waals surface area contributed by atoms with Crippen molar-refractivity contribution in [3.8, 4) is 16.9 Å². The predicted octanol–water partition coefficient (Wildman–Crippen LogP) is 1.96. The zero-order valence-electron chi connectivity index (χ0n) is 17.3. The quantitative estimate of drug-likeness (QED) is 0.578. The lowest BCUT2D eigenvalue weighted by Gasteiger charge is -2.26. The summed E-state index contributed by atoms with van der Waals surface area (Å²) in [4.78, 5) is 27.9. The van der Waals surface area contributed by atoms with Crippen LogP contribution in [-0.4, -0.2) is 65.2 Å². The monoisotopic (exact) mass is 410 g/mol. The molecule has 1 saturated heterocycles. The van der Waals surface area contributed by atoms with E-state index in [2.05, 4.69) is 10.00 Å². The first-order valence-electron chi connectivity index (χ1n) is 10.1. The molecule has 0 unspecified atom stereocenters. The Bertz CT molecular complexity index is 1070. The van der Waals surface area contributed by atoms with E-state index in [1.807, 2.05) is 35.8 Å². The van der Waals surface area contributed by atoms with Crippen molar-refractivity contribution < 1.29 is 14.3 Å². The standard InChI is InChI=1S/C22H26N4O4/c1-16-5-3-6-17(13-16)26-21(27)18-14-25(8-4-7-24-9-11-30-12-10-24)15-19(20(18)23-26)22(28)29-2/h3,5-6,13-15H,4,7-12H2,1-2H3. The molecular formula is C22H26N4O4. The summed E-state index contributed by atoms with van der Waals surface area (Å²) < 4.78 is 13.6. The van der Waals surface area contributed by atoms with Crippen molar-refractivity contribution >= 4 is 5.97 Å². The van der Waals surface area contributed by atoms with Gasteiger partial charge in [0.05, 0.1) is 31.6 Å². The molecular weight excluding hydrogens is 384 g/mol. The number of pyridine rings is 1. The van der Waals surface area contributed by atoms with Crippen molar-refractivity contribution in [3.63, 3.8) is 0 Å². The van der Waals surface area contributed by atoms with E-state index in [1.165, 1.54) is 11.8 Å². The molecule has 0 saturated carbocycles. The van der Waals surface area contributed by atoms with Gasteiger partial charge < -0.3 is 14.0 Å². The number of carbonyl (C=O) groups is 1. The highest BCUT2D eigenvalue weighted by molar-refractivity contribution is 5.96. The molecule has 1 aromatic rings. The molecule has 158 valence electrons. The zero-order valence-corrected chi connectivity index (χ0v) is 17.3. The van der Waals surface area contributed by atoms with E-state index < -0.39 is 5.97 Å². The van der Waals surface area contributed by atoms with Gasteiger partial charge in [0.15, 0.2) is 0 Å². The maximum atomic E-state index is 13.1. The van der Waals surface area contributed by atoms with E-state index in [-0.39, 0.29) is 5.56 Å². The SMILES string of the molecule is COC(=O)c1cn(CCCN2CCOCC2)cc2c(=O)n(-c3cccc(C)c3)nc1-2. The van der Waals surface area contributed by atoms with Crippen molar-refractivity contribution in [1.29, 1.82) is 0 Å². The third kappa shape index (κ3) is 4.15. The lowest BCUT2D eigenvalue weighted by molar-refractivity contribution is 0.0369. The number of aryl methyl sites for hydroxylation is 2. The van der Waals surface area contributed by atoms with Crippen molar-refractivity contribution in [1.82, 2.24) is 19.2 Å². The minimum atomic E-state index is -0.503. The van der Waals surface area contributed by atoms with E-state index in [0.717, 1.165) is 44.8 Å². The second kappa shape index (κ2) is 8.81. The molecule has 3 aliphatic rings. The second-order valence-electron chi connectivity index (χ2n) is 7.53. The van der Waals surface area contributed by atoms with Crippen LogP contribution in [0.3, 0.4) is 0 Å². The molecule has 1 fully saturated rings. The van der Waals surface area contributed by atoms with Gasteiger partial charge in [0.1, 0.15) is 11.3 Å². The number of carbonyl (C=O) groups excluding carboxylic acids is 1. The molecule has 8 heteroatoms. The summed E-state index contributed by atoms with van der Waals surface area (Å²) in [6.45, 7) is 6.99. The van der Waals surface area contributed by atoms with Crippen LogP contribution in [-0.2, 0) is 16.0 Å². The normalized spacial score (nSPS) is 14.9. The van der Waals surface area contributed by atoms with Gasteiger partial charge in [0.25, 0.3) is 5.56 Å². The van der Waals surface area contributed by atoms with E-state index in [0.29, 0.717) is 29.1 Å². The van der Waals surface area contributed by atoms with Gasteiger partial charge in [0.2, 0.25) is 0 Å². The Kier molecular flexibility index (Phi) is 5.96. The van der Waals surface area contributed by atoms with Crippen molar-refractivity contribution in [2.75, 3.05) is 40.0 Å². The molecule has 4 rings (SSSR count). The number of esters is 1. The number of nitrogens with zero attached hydrogens (tertiary/aromatic N) is 4. The molecule has 1 aromatic carbocycles. The molecule has 8 nitrogen and oxygen atoms in total. The van der Waals surface area contributed by atoms with Crippen LogP contribution in [0.1, 0.15) is 22.3 Å². The van der Waals surface area contributed by atoms with E-state index in [1.54, 1.807) is 12.4 Å². The number of morpholine rings is 1. The van der Waals surface area contributed by atoms with E-state index in [9.17, 15) is 9.59 Å². The summed E-state index contributed by atoms with van der Waals surface area (Å²) in [6, 6.07) is 7.55. The number of rotatable bonds is 6. The zero-order chi connectivity index (χ0) is 21.1. The summed E-state index contributed by atoms with van der Waals surface area (Å²) in [5.74, 6) is -0.503. The Labute approximate surface area is 175 Å². The molecule has 0 radical (unpaired) electrons. The molecule has 0 atom stereocenters. The van der Waals surface area contributed by atoms with Crippen LogP contribution in [0.15, 0.2) is 41.5 Å². The molecule has 30 heavy (non-hydrogen) atoms. The summed E-state index contributed by atoms with van der Waals surface area (Å²) >= 11 is 0. The first kappa shape index (κ1) is 20.3. The van der Waals surface area contributed by atoms with Crippen LogP contribution in [0.25, 0.3) is 16.9 Å². The summed E-state index contributed by atoms with van der Waals surface area (Å²) in [5, 5.41) is 4.46. The Morgan fingerprint density at radius 2 is 2.00 bits per heavy atom. The maximum Gasteiger partial charge on any atom is 0.341 e. The third-order valence-corrected chi connectivity index (χ3v) is 5.37. The average molecular weight is 410 g/mol. The fourth-order valence-corrected chi connectivity index (χ4v) is 3.78. The lowest BCUT2D eigenvalue weighted by Crippen LogP contribution is -2.37. The molecule has 0 spiro atoms. The predicted molar refractivity (Wildman–Crippen MR) is 112 cm³/mol. The van der Waals surface area contributed by atoms with Gasteiger partial charge in [-0.3, -0.25) is 9.69 Å². The lowest BCUT2D eigenvalue weighted by atomic mass is 10.1. The van der Waals surface area contributed by atoms with Crippen LogP contribution in [0.2, 0.25) is 0 Å². The number of benzene rings is 1. The van der Waals surface area contributed by atoms with Gasteiger partial charge in [-0.15, -0.1) is 0 Å². The van der Waals surface area contributed by atoms with Crippen LogP contribution in [0, 0.1) is 6.92 Å². The van der Waals surface area contributed by atoms with Gasteiger partial charge in [-0.1, -0.05) is 12.1 Å². The van der Waals surface area contributed by atoms with Gasteiger partial charge in [-0.2, -0.15) is 9.78 Å². The topological polar surface area (TPSA) is 78.6 Å². The maximum absolute atomic E-state index is 13.1. The first-order valence-corrected chi connectivity index (χ1v) is 10.1. The Morgan fingerprint density at radius 1 is 1.20 bits per heavy atom. The third-order valence-electron chi connectivity index (χ3n) is 5.37. The Balaban J connectivity index is 1.66. The Hall–Kier alpha value is -2.97. The highest BCUT2D eigenvalue weighted by atomic mass is 16.5. The van der Waals surface area contributed by atoms with Gasteiger partial charge in [-0.05, 0) is 31.0 Å². The number of methoxy groups -OCH3 is 1. The first-order chi connectivity index (χ1) is 14.6. The van der Waals surface area contributed by atoms with Crippen molar-refractivity contribution in [3.05, 3.63) is 58.1 Å². The highest BCUT2D eigenvalue weighted by Gasteiger charge is 2.25. The molecule has 0 N–H and O–H groups in total. The fraction of sp³-hybridized carbons (Fsp3) is 0.409. The summed E-state index contributed by atoms with van der Waals surface area (Å²) in [5.41, 5.74) is 2.51. The minimum Gasteiger partial charge on any atom is -0.465 e.